The molecule has 0 N–H and O–H groups in total. The highest BCUT2D eigenvalue weighted by Gasteiger charge is 2.26. The second kappa shape index (κ2) is 8.04. The van der Waals surface area contributed by atoms with Crippen molar-refractivity contribution in [1.29, 1.82) is 0 Å². The molecule has 0 unspecified atom stereocenters. The Hall–Kier alpha value is -2.98. The van der Waals surface area contributed by atoms with E-state index in [0.29, 0.717) is 26.7 Å². The average molecular weight is 448 g/mol. The summed E-state index contributed by atoms with van der Waals surface area (Å²) in [5, 5.41) is 0.811. The number of halogens is 2. The van der Waals surface area contributed by atoms with Crippen molar-refractivity contribution in [3.05, 3.63) is 83.0 Å². The van der Waals surface area contributed by atoms with Crippen LogP contribution in [0.2, 0.25) is 0 Å². The van der Waals surface area contributed by atoms with E-state index in [1.165, 1.54) is 23.0 Å². The first-order valence-electron chi connectivity index (χ1n) is 8.68. The van der Waals surface area contributed by atoms with Gasteiger partial charge in [-0.25, -0.2) is 13.4 Å². The van der Waals surface area contributed by atoms with Gasteiger partial charge in [0.1, 0.15) is 5.76 Å². The van der Waals surface area contributed by atoms with E-state index in [0.717, 1.165) is 23.9 Å². The molecule has 0 saturated carbocycles. The first-order valence-corrected chi connectivity index (χ1v) is 11.0. The standard InChI is InChI=1S/C20H14F2N2O4S2/c21-19(22)30(26,27)15-9-7-14(8-10-15)29-20-23-17-6-2-1-5-16(17)18(25)24(20)12-13-4-3-11-28-13/h1-11,19H,12H2. The topological polar surface area (TPSA) is 82.2 Å². The molecule has 10 heteroatoms. The molecule has 0 atom stereocenters. The SMILES string of the molecule is O=c1c2ccccc2nc(Sc2ccc(S(=O)(=O)C(F)F)cc2)n1Cc1ccco1. The zero-order valence-electron chi connectivity index (χ0n) is 15.2. The molecule has 0 radical (unpaired) electrons. The minimum atomic E-state index is -4.67. The van der Waals surface area contributed by atoms with Gasteiger partial charge in [-0.1, -0.05) is 23.9 Å². The molecule has 0 spiro atoms. The summed E-state index contributed by atoms with van der Waals surface area (Å²) >= 11 is 1.12. The Labute approximate surface area is 174 Å². The van der Waals surface area contributed by atoms with E-state index in [1.807, 2.05) is 0 Å². The number of aromatic nitrogens is 2. The maximum absolute atomic E-state index is 13.0. The predicted octanol–water partition coefficient (Wildman–Crippen LogP) is 4.19. The fourth-order valence-electron chi connectivity index (χ4n) is 2.83. The maximum atomic E-state index is 13.0. The zero-order chi connectivity index (χ0) is 21.3. The molecule has 30 heavy (non-hydrogen) atoms. The highest BCUT2D eigenvalue weighted by molar-refractivity contribution is 7.99. The monoisotopic (exact) mass is 448 g/mol. The summed E-state index contributed by atoms with van der Waals surface area (Å²) < 4.78 is 55.4. The van der Waals surface area contributed by atoms with Crippen LogP contribution in [0.4, 0.5) is 8.78 Å². The van der Waals surface area contributed by atoms with Crippen molar-refractivity contribution in [2.24, 2.45) is 0 Å². The summed E-state index contributed by atoms with van der Waals surface area (Å²) in [6.45, 7) is 0.157. The summed E-state index contributed by atoms with van der Waals surface area (Å²) in [5.41, 5.74) is 0.258. The highest BCUT2D eigenvalue weighted by atomic mass is 32.2. The second-order valence-corrected chi connectivity index (χ2v) is 9.22. The van der Waals surface area contributed by atoms with Gasteiger partial charge in [-0.3, -0.25) is 9.36 Å². The maximum Gasteiger partial charge on any atom is 0.341 e. The van der Waals surface area contributed by atoms with Crippen molar-refractivity contribution in [2.75, 3.05) is 0 Å². The van der Waals surface area contributed by atoms with E-state index in [1.54, 1.807) is 36.4 Å². The average Bonchev–Trinajstić information content (AvgIpc) is 3.24. The summed E-state index contributed by atoms with van der Waals surface area (Å²) in [6, 6.07) is 15.4. The predicted molar refractivity (Wildman–Crippen MR) is 108 cm³/mol. The van der Waals surface area contributed by atoms with Crippen LogP contribution in [0.1, 0.15) is 5.76 Å². The van der Waals surface area contributed by atoms with Crippen LogP contribution in [0.15, 0.2) is 91.1 Å². The molecule has 0 bridgehead atoms. The minimum Gasteiger partial charge on any atom is -0.467 e. The number of hydrogen-bond acceptors (Lipinski definition) is 6. The lowest BCUT2D eigenvalue weighted by molar-refractivity contribution is 0.234. The quantitative estimate of drug-likeness (QED) is 0.412. The van der Waals surface area contributed by atoms with Gasteiger partial charge in [0, 0.05) is 4.90 Å². The summed E-state index contributed by atoms with van der Waals surface area (Å²) in [6.07, 6.45) is 1.50. The molecular weight excluding hydrogens is 434 g/mol. The normalized spacial score (nSPS) is 12.0. The molecule has 4 aromatic rings. The van der Waals surface area contributed by atoms with Gasteiger partial charge in [0.05, 0.1) is 28.6 Å². The third-order valence-electron chi connectivity index (χ3n) is 4.32. The number of hydrogen-bond donors (Lipinski definition) is 0. The van der Waals surface area contributed by atoms with E-state index in [-0.39, 0.29) is 12.1 Å². The Morgan fingerprint density at radius 2 is 1.77 bits per heavy atom. The van der Waals surface area contributed by atoms with E-state index in [9.17, 15) is 22.0 Å². The minimum absolute atomic E-state index is 0.157. The first kappa shape index (κ1) is 20.3. The van der Waals surface area contributed by atoms with Crippen molar-refractivity contribution < 1.29 is 21.6 Å². The molecule has 0 aliphatic heterocycles. The zero-order valence-corrected chi connectivity index (χ0v) is 16.9. The molecule has 6 nitrogen and oxygen atoms in total. The fourth-order valence-corrected chi connectivity index (χ4v) is 4.43. The third-order valence-corrected chi connectivity index (χ3v) is 6.72. The first-order chi connectivity index (χ1) is 14.4. The molecule has 2 aromatic carbocycles. The summed E-state index contributed by atoms with van der Waals surface area (Å²) in [4.78, 5) is 17.7. The van der Waals surface area contributed by atoms with Crippen LogP contribution >= 0.6 is 11.8 Å². The Bertz CT molecular complexity index is 1350. The largest absolute Gasteiger partial charge is 0.467 e. The molecule has 2 heterocycles. The number of nitrogens with zero attached hydrogens (tertiary/aromatic N) is 2. The van der Waals surface area contributed by atoms with Crippen LogP contribution in [-0.4, -0.2) is 23.7 Å². The number of rotatable bonds is 6. The Morgan fingerprint density at radius 1 is 1.03 bits per heavy atom. The smallest absolute Gasteiger partial charge is 0.341 e. The molecule has 4 rings (SSSR count). The van der Waals surface area contributed by atoms with Crippen LogP contribution in [-0.2, 0) is 16.4 Å². The third kappa shape index (κ3) is 3.88. The lowest BCUT2D eigenvalue weighted by Crippen LogP contribution is -2.23. The molecule has 0 amide bonds. The van der Waals surface area contributed by atoms with Crippen LogP contribution in [0.5, 0.6) is 0 Å². The summed E-state index contributed by atoms with van der Waals surface area (Å²) in [7, 11) is -4.67. The van der Waals surface area contributed by atoms with Gasteiger partial charge < -0.3 is 4.42 Å². The van der Waals surface area contributed by atoms with Crippen LogP contribution < -0.4 is 5.56 Å². The van der Waals surface area contributed by atoms with Gasteiger partial charge in [-0.2, -0.15) is 8.78 Å². The van der Waals surface area contributed by atoms with E-state index in [2.05, 4.69) is 4.98 Å². The molecular formula is C20H14F2N2O4S2. The summed E-state index contributed by atoms with van der Waals surface area (Å²) in [5.74, 6) is -2.92. The molecule has 0 aliphatic rings. The van der Waals surface area contributed by atoms with Gasteiger partial charge in [-0.05, 0) is 48.5 Å². The molecule has 0 aliphatic carbocycles. The second-order valence-electron chi connectivity index (χ2n) is 6.26. The molecule has 2 aromatic heterocycles. The fraction of sp³-hybridized carbons (Fsp3) is 0.100. The van der Waals surface area contributed by atoms with Crippen LogP contribution in [0, 0.1) is 0 Å². The van der Waals surface area contributed by atoms with E-state index < -0.39 is 20.5 Å². The van der Waals surface area contributed by atoms with Crippen LogP contribution in [0.3, 0.4) is 0 Å². The highest BCUT2D eigenvalue weighted by Crippen LogP contribution is 2.29. The number of sulfone groups is 1. The van der Waals surface area contributed by atoms with Crippen molar-refractivity contribution in [3.63, 3.8) is 0 Å². The van der Waals surface area contributed by atoms with Gasteiger partial charge >= 0.3 is 5.76 Å². The van der Waals surface area contributed by atoms with Crippen molar-refractivity contribution in [2.45, 2.75) is 27.2 Å². The Kier molecular flexibility index (Phi) is 5.44. The van der Waals surface area contributed by atoms with E-state index >= 15 is 0 Å². The van der Waals surface area contributed by atoms with Gasteiger partial charge in [0.25, 0.3) is 5.56 Å². The molecule has 0 saturated heterocycles. The van der Waals surface area contributed by atoms with E-state index in [4.69, 9.17) is 4.42 Å². The number of para-hydroxylation sites is 1. The molecule has 154 valence electrons. The van der Waals surface area contributed by atoms with Gasteiger partial charge in [0.15, 0.2) is 5.16 Å². The number of fused-ring (bicyclic) bond motifs is 1. The Morgan fingerprint density at radius 3 is 2.43 bits per heavy atom. The van der Waals surface area contributed by atoms with Crippen molar-refractivity contribution in [1.82, 2.24) is 9.55 Å². The number of benzene rings is 2. The van der Waals surface area contributed by atoms with Crippen molar-refractivity contribution >= 4 is 32.5 Å². The Balaban J connectivity index is 1.75. The number of furan rings is 1. The lowest BCUT2D eigenvalue weighted by Gasteiger charge is -2.12. The lowest BCUT2D eigenvalue weighted by atomic mass is 10.2. The van der Waals surface area contributed by atoms with Gasteiger partial charge in [-0.15, -0.1) is 0 Å². The number of alkyl halides is 2. The van der Waals surface area contributed by atoms with Crippen LogP contribution in [0.25, 0.3) is 10.9 Å². The van der Waals surface area contributed by atoms with Gasteiger partial charge in [0.2, 0.25) is 9.84 Å². The van der Waals surface area contributed by atoms with Crippen molar-refractivity contribution in [3.8, 4) is 0 Å². The molecule has 0 fully saturated rings.